The summed E-state index contributed by atoms with van der Waals surface area (Å²) < 4.78 is 26.0. The van der Waals surface area contributed by atoms with E-state index in [0.717, 1.165) is 25.7 Å². The molecule has 0 N–H and O–H groups in total. The van der Waals surface area contributed by atoms with Gasteiger partial charge in [0.15, 0.2) is 0 Å². The van der Waals surface area contributed by atoms with Crippen molar-refractivity contribution in [3.63, 3.8) is 0 Å². The van der Waals surface area contributed by atoms with Crippen LogP contribution in [0.2, 0.25) is 17.3 Å². The zero-order valence-electron chi connectivity index (χ0n) is 14.9. The molecule has 0 aromatic heterocycles. The van der Waals surface area contributed by atoms with Gasteiger partial charge in [0.1, 0.15) is 0 Å². The minimum atomic E-state index is -3.22. The van der Waals surface area contributed by atoms with E-state index in [1.54, 1.807) is 12.1 Å². The van der Waals surface area contributed by atoms with Gasteiger partial charge in [-0.2, -0.15) is 0 Å². The number of aryl methyl sites for hydroxylation is 1. The molecule has 0 bridgehead atoms. The fourth-order valence-electron chi connectivity index (χ4n) is 3.13. The van der Waals surface area contributed by atoms with Crippen LogP contribution in [0.1, 0.15) is 24.8 Å². The van der Waals surface area contributed by atoms with Gasteiger partial charge < -0.3 is 0 Å². The van der Waals surface area contributed by atoms with Crippen molar-refractivity contribution in [2.75, 3.05) is 0 Å². The van der Waals surface area contributed by atoms with Gasteiger partial charge in [0.25, 0.3) is 0 Å². The van der Waals surface area contributed by atoms with E-state index in [-0.39, 0.29) is 4.08 Å². The second-order valence-corrected chi connectivity index (χ2v) is 21.8. The van der Waals surface area contributed by atoms with Crippen molar-refractivity contribution in [3.05, 3.63) is 66.2 Å². The molecule has 2 aromatic rings. The third kappa shape index (κ3) is 5.22. The zero-order chi connectivity index (χ0) is 17.6. The molecule has 0 aliphatic heterocycles. The number of benzene rings is 2. The van der Waals surface area contributed by atoms with Crippen molar-refractivity contribution in [1.29, 1.82) is 0 Å². The van der Waals surface area contributed by atoms with Gasteiger partial charge in [-0.05, 0) is 0 Å². The molecule has 0 saturated heterocycles. The van der Waals surface area contributed by atoms with Crippen molar-refractivity contribution in [3.8, 4) is 0 Å². The van der Waals surface area contributed by atoms with E-state index < -0.39 is 23.1 Å². The maximum absolute atomic E-state index is 13.1. The Morgan fingerprint density at radius 2 is 1.38 bits per heavy atom. The maximum atomic E-state index is 13.1. The molecule has 0 heterocycles. The van der Waals surface area contributed by atoms with E-state index in [2.05, 4.69) is 41.5 Å². The fraction of sp³-hybridized carbons (Fsp3) is 0.400. The molecule has 0 radical (unpaired) electrons. The van der Waals surface area contributed by atoms with E-state index in [0.29, 0.717) is 4.90 Å². The number of hydrogen-bond acceptors (Lipinski definition) is 2. The Bertz CT molecular complexity index is 719. The summed E-state index contributed by atoms with van der Waals surface area (Å²) in [4.78, 5) is 0.485. The Morgan fingerprint density at radius 3 is 1.92 bits per heavy atom. The number of hydrogen-bond donors (Lipinski definition) is 0. The van der Waals surface area contributed by atoms with E-state index in [1.807, 2.05) is 24.3 Å². The first kappa shape index (κ1) is 19.3. The molecule has 2 aromatic carbocycles. The number of rotatable bonds is 8. The van der Waals surface area contributed by atoms with Gasteiger partial charge >= 0.3 is 150 Å². The van der Waals surface area contributed by atoms with Crippen LogP contribution in [0.3, 0.4) is 0 Å². The molecular weight excluding hydrogens is 377 g/mol. The molecule has 0 saturated carbocycles. The summed E-state index contributed by atoms with van der Waals surface area (Å²) in [5.74, 6) is 6.63. The van der Waals surface area contributed by atoms with Crippen LogP contribution in [0.25, 0.3) is 0 Å². The van der Waals surface area contributed by atoms with Gasteiger partial charge in [0.05, 0.1) is 0 Å². The van der Waals surface area contributed by atoms with Crippen LogP contribution >= 0.6 is 0 Å². The molecule has 1 unspecified atom stereocenters. The summed E-state index contributed by atoms with van der Waals surface area (Å²) in [6, 6.07) is 19.4. The van der Waals surface area contributed by atoms with Crippen molar-refractivity contribution >= 4 is 23.1 Å². The predicted molar refractivity (Wildman–Crippen MR) is 105 cm³/mol. The molecule has 0 aliphatic rings. The van der Waals surface area contributed by atoms with Crippen LogP contribution in [-0.2, 0) is 16.3 Å². The number of sulfone groups is 1. The van der Waals surface area contributed by atoms with Gasteiger partial charge in [-0.3, -0.25) is 0 Å². The van der Waals surface area contributed by atoms with Crippen LogP contribution in [0.5, 0.6) is 0 Å². The molecule has 24 heavy (non-hydrogen) atoms. The van der Waals surface area contributed by atoms with Gasteiger partial charge in [0.2, 0.25) is 0 Å². The van der Waals surface area contributed by atoms with Crippen molar-refractivity contribution in [1.82, 2.24) is 0 Å². The summed E-state index contributed by atoms with van der Waals surface area (Å²) in [5.41, 5.74) is 1.33. The first-order valence-electron chi connectivity index (χ1n) is 8.65. The van der Waals surface area contributed by atoms with Crippen LogP contribution in [0, 0.1) is 0 Å². The Kier molecular flexibility index (Phi) is 6.70. The molecule has 0 fully saturated rings. The van der Waals surface area contributed by atoms with Gasteiger partial charge in [0, 0.05) is 0 Å². The predicted octanol–water partition coefficient (Wildman–Crippen LogP) is 5.12. The second-order valence-electron chi connectivity index (χ2n) is 7.44. The van der Waals surface area contributed by atoms with Crippen LogP contribution in [-0.4, -0.2) is 25.8 Å². The van der Waals surface area contributed by atoms with Crippen molar-refractivity contribution in [2.45, 2.75) is 51.9 Å². The second kappa shape index (κ2) is 8.35. The van der Waals surface area contributed by atoms with E-state index in [4.69, 9.17) is 0 Å². The Morgan fingerprint density at radius 1 is 0.833 bits per heavy atom. The molecule has 130 valence electrons. The van der Waals surface area contributed by atoms with Gasteiger partial charge in [-0.25, -0.2) is 0 Å². The average Bonchev–Trinajstić information content (AvgIpc) is 2.55. The van der Waals surface area contributed by atoms with Crippen molar-refractivity contribution < 1.29 is 8.42 Å². The molecule has 0 aliphatic carbocycles. The Balaban J connectivity index is 2.04. The minimum absolute atomic E-state index is 0.171. The standard InChI is InChI=1S/C20H28GeO2S/c1-21(2,3)20(24(22,23)19-15-8-5-9-16-19)17-11-10-14-18-12-6-4-7-13-18/h4-9,12-13,15-16,20H,10-11,14,17H2,1-3H3. The molecule has 2 rings (SSSR count). The van der Waals surface area contributed by atoms with E-state index in [1.165, 1.54) is 5.56 Å². The fourth-order valence-corrected chi connectivity index (χ4v) is 14.4. The molecule has 1 atom stereocenters. The van der Waals surface area contributed by atoms with E-state index >= 15 is 0 Å². The van der Waals surface area contributed by atoms with Crippen LogP contribution in [0.15, 0.2) is 65.6 Å². The topological polar surface area (TPSA) is 34.1 Å². The first-order chi connectivity index (χ1) is 11.3. The summed E-state index contributed by atoms with van der Waals surface area (Å²) in [5, 5.41) is 0. The van der Waals surface area contributed by atoms with Gasteiger partial charge in [-0.15, -0.1) is 0 Å². The third-order valence-electron chi connectivity index (χ3n) is 4.44. The molecule has 0 amide bonds. The first-order valence-corrected chi connectivity index (χ1v) is 17.7. The summed E-state index contributed by atoms with van der Waals surface area (Å²) in [7, 11) is -3.22. The quantitative estimate of drug-likeness (QED) is 0.452. The average molecular weight is 405 g/mol. The van der Waals surface area contributed by atoms with Gasteiger partial charge in [-0.1, -0.05) is 0 Å². The normalized spacial score (nSPS) is 13.6. The Labute approximate surface area is 149 Å². The SMILES string of the molecule is [CH3][Ge]([CH3])([CH3])[CH](CCCCc1ccccc1)S(=O)(=O)c1ccccc1. The zero-order valence-corrected chi connectivity index (χ0v) is 17.8. The Hall–Kier alpha value is -1.07. The molecular formula is C20H28GeO2S. The van der Waals surface area contributed by atoms with E-state index in [9.17, 15) is 8.42 Å². The molecule has 0 spiro atoms. The number of unbranched alkanes of at least 4 members (excludes halogenated alkanes) is 1. The molecule has 2 nitrogen and oxygen atoms in total. The summed E-state index contributed by atoms with van der Waals surface area (Å²) in [6.07, 6.45) is 3.82. The van der Waals surface area contributed by atoms with Crippen molar-refractivity contribution in [2.24, 2.45) is 0 Å². The summed E-state index contributed by atoms with van der Waals surface area (Å²) in [6.45, 7) is 0. The van der Waals surface area contributed by atoms with Crippen LogP contribution in [0.4, 0.5) is 0 Å². The molecule has 4 heteroatoms. The summed E-state index contributed by atoms with van der Waals surface area (Å²) >= 11 is -2.36. The third-order valence-corrected chi connectivity index (χ3v) is 16.6. The van der Waals surface area contributed by atoms with Crippen LogP contribution < -0.4 is 0 Å². The monoisotopic (exact) mass is 406 g/mol.